The molecule has 0 spiro atoms. The SMILES string of the molecule is CC(C)C[C@H](C(=O)N[C@H]1C(=O)N[C@@H](CC(N)=O)C(=O)N[C@H]2C(=O)N[C@H]3C(=O)N[C@@H](C(=O)N[C@H](C(=O)O)c4cc(O)cc(O)c4-c4cc3ccc4O)[C@H](OC3CC(C)(NC(=O)OC(C)(C)C)C(O)C(C)O3)c3ccc(c(Cl)c3)Oc3cc2cc(c3OC2OC(CO)C(O)C(O)C2O)Oc2ccc(cc2Cl)[C@H]1O)N(C)C(=O)OC(C)(C)C. The van der Waals surface area contributed by atoms with Crippen molar-refractivity contribution in [1.29, 1.82) is 0 Å². The number of aromatic hydroxyl groups is 3. The molecule has 7 heterocycles. The van der Waals surface area contributed by atoms with Gasteiger partial charge >= 0.3 is 18.2 Å². The van der Waals surface area contributed by atoms with E-state index in [0.717, 1.165) is 77.7 Å². The minimum absolute atomic E-state index is 0.0784. The van der Waals surface area contributed by atoms with Crippen LogP contribution in [0.15, 0.2) is 78.9 Å². The molecule has 39 heteroatoms. The number of carbonyl (C=O) groups is 10. The normalized spacial score (nSPS) is 27.4. The summed E-state index contributed by atoms with van der Waals surface area (Å²) in [5, 5.41) is 131. The molecular weight excluding hydrogens is 1560 g/mol. The van der Waals surface area contributed by atoms with E-state index in [4.69, 9.17) is 66.8 Å². The molecule has 11 bridgehead atoms. The number of nitrogens with one attached hydrogen (secondary N) is 7. The van der Waals surface area contributed by atoms with Crippen LogP contribution in [-0.2, 0) is 62.0 Å². The number of amides is 9. The molecule has 0 aliphatic carbocycles. The standard InChI is InChI=1S/C76H91Cl2N9O28/c1-29(2)18-41(87(11)73(107)115-75(7,8)9)65(99)84-55-57(93)32-13-16-44(38(77)20-32)109-46-22-34-23-47(62(46)113-71-60(96)59(95)58(94)48(28-88)111-71)110-45-17-14-33(21-39(45)78)61(112-50-27-76(10,63(97)30(3)108-50)86-72(106)114-74(4,5)6)56-69(103)83-54(70(104)105)37-24-35(89)25-43(91)51(37)36-19-31(12-15-42(36)90)52(66(100)85-56)82-67(101)53(34)81-64(98)40(26-49(79)92)80-68(55)102/h12-17,19-25,29-30,40-41,48,50,52-61,63,71,88-91,93-97H,18,26-28H2,1-11H3,(H2,79,92)(H,80,102)(H,81,98)(H,82,101)(H,83,103)(H,84,99)(H,85,100)(H,86,106)(H,104,105)/t30?,40-,41+,48?,50?,52+,53+,54-,55+,56+,57+,58?,59?,60?,61+,63?,71?,76?/m0/s1. The number of fused-ring (bicyclic) bond motifs is 15. The van der Waals surface area contributed by atoms with Crippen molar-refractivity contribution in [3.8, 4) is 57.1 Å². The highest BCUT2D eigenvalue weighted by atomic mass is 35.5. The number of halogens is 2. The zero-order valence-electron chi connectivity index (χ0n) is 63.8. The van der Waals surface area contributed by atoms with Crippen LogP contribution in [0.3, 0.4) is 0 Å². The number of phenols is 3. The number of aliphatic hydroxyl groups excluding tert-OH is 6. The minimum Gasteiger partial charge on any atom is -0.508 e. The Kier molecular flexibility index (Phi) is 26.0. The van der Waals surface area contributed by atoms with Gasteiger partial charge in [-0.1, -0.05) is 55.2 Å². The van der Waals surface area contributed by atoms with E-state index in [1.165, 1.54) is 27.0 Å². The molecule has 18 atom stereocenters. The third-order valence-electron chi connectivity index (χ3n) is 19.3. The summed E-state index contributed by atoms with van der Waals surface area (Å²) in [6, 6.07) is -2.02. The number of phenolic OH excluding ortho intramolecular Hbond substituents is 3. The molecule has 115 heavy (non-hydrogen) atoms. The Labute approximate surface area is 666 Å². The van der Waals surface area contributed by atoms with Crippen LogP contribution in [0.2, 0.25) is 10.0 Å². The topological polar surface area (TPSA) is 560 Å². The first-order chi connectivity index (χ1) is 53.7. The first-order valence-corrected chi connectivity index (χ1v) is 37.0. The van der Waals surface area contributed by atoms with Gasteiger partial charge in [0.15, 0.2) is 23.8 Å². The number of hydrogen-bond donors (Lipinski definition) is 18. The quantitative estimate of drug-likeness (QED) is 0.0758. The Bertz CT molecular complexity index is 4620. The molecule has 9 unspecified atom stereocenters. The molecule has 0 saturated carbocycles. The lowest BCUT2D eigenvalue weighted by atomic mass is 9.85. The van der Waals surface area contributed by atoms with Crippen LogP contribution in [-0.4, -0.2) is 219 Å². The van der Waals surface area contributed by atoms with Crippen LogP contribution in [0.25, 0.3) is 11.1 Å². The number of rotatable bonds is 14. The molecule has 7 aliphatic rings. The highest BCUT2D eigenvalue weighted by molar-refractivity contribution is 6.32. The molecule has 19 N–H and O–H groups in total. The van der Waals surface area contributed by atoms with E-state index in [-0.39, 0.29) is 23.5 Å². The average molecular weight is 1650 g/mol. The lowest BCUT2D eigenvalue weighted by molar-refractivity contribution is -0.277. The number of ether oxygens (including phenoxy) is 8. The molecule has 7 aliphatic heterocycles. The van der Waals surface area contributed by atoms with Gasteiger partial charge in [-0.15, -0.1) is 0 Å². The van der Waals surface area contributed by atoms with Crippen LogP contribution in [0, 0.1) is 5.92 Å². The van der Waals surface area contributed by atoms with Gasteiger partial charge in [-0.2, -0.15) is 0 Å². The Hall–Kier alpha value is -10.6. The van der Waals surface area contributed by atoms with E-state index in [9.17, 15) is 75.0 Å². The molecule has 2 fully saturated rings. The third kappa shape index (κ3) is 19.7. The molecule has 5 aromatic carbocycles. The molecule has 37 nitrogen and oxygen atoms in total. The van der Waals surface area contributed by atoms with E-state index in [0.29, 0.717) is 0 Å². The fraction of sp³-hybridized carbons (Fsp3) is 0.474. The van der Waals surface area contributed by atoms with Crippen molar-refractivity contribution in [3.63, 3.8) is 0 Å². The molecule has 12 rings (SSSR count). The predicted molar refractivity (Wildman–Crippen MR) is 399 cm³/mol. The molecule has 5 aromatic rings. The van der Waals surface area contributed by atoms with Crippen LogP contribution in [0.4, 0.5) is 9.59 Å². The molecular formula is C76H91Cl2N9O28. The van der Waals surface area contributed by atoms with Crippen molar-refractivity contribution in [3.05, 3.63) is 117 Å². The van der Waals surface area contributed by atoms with E-state index in [1.807, 2.05) is 0 Å². The van der Waals surface area contributed by atoms with Gasteiger partial charge in [0.1, 0.15) is 119 Å². The number of aliphatic carboxylic acids is 1. The molecule has 0 radical (unpaired) electrons. The average Bonchev–Trinajstić information content (AvgIpc) is 0.763. The Morgan fingerprint density at radius 1 is 0.687 bits per heavy atom. The Morgan fingerprint density at radius 3 is 1.87 bits per heavy atom. The van der Waals surface area contributed by atoms with Gasteiger partial charge in [-0.25, -0.2) is 14.4 Å². The van der Waals surface area contributed by atoms with Gasteiger partial charge in [-0.05, 0) is 145 Å². The fourth-order valence-electron chi connectivity index (χ4n) is 13.6. The fourth-order valence-corrected chi connectivity index (χ4v) is 14.1. The number of carbonyl (C=O) groups excluding carboxylic acids is 9. The van der Waals surface area contributed by atoms with E-state index in [2.05, 4.69) is 37.2 Å². The lowest BCUT2D eigenvalue weighted by Crippen LogP contribution is -2.64. The van der Waals surface area contributed by atoms with Crippen molar-refractivity contribution in [1.82, 2.24) is 42.1 Å². The summed E-state index contributed by atoms with van der Waals surface area (Å²) >= 11 is 14.4. The maximum Gasteiger partial charge on any atom is 0.410 e. The number of alkyl carbamates (subject to hydrolysis) is 1. The Morgan fingerprint density at radius 2 is 1.28 bits per heavy atom. The van der Waals surface area contributed by atoms with Gasteiger partial charge in [0.05, 0.1) is 34.7 Å². The summed E-state index contributed by atoms with van der Waals surface area (Å²) in [6.45, 7) is 14.7. The van der Waals surface area contributed by atoms with Gasteiger partial charge in [0, 0.05) is 36.2 Å². The number of hydrogen-bond acceptors (Lipinski definition) is 27. The van der Waals surface area contributed by atoms with Crippen molar-refractivity contribution in [2.24, 2.45) is 11.7 Å². The zero-order chi connectivity index (χ0) is 84.7. The second-order valence-electron chi connectivity index (χ2n) is 31.0. The van der Waals surface area contributed by atoms with Crippen LogP contribution >= 0.6 is 23.2 Å². The van der Waals surface area contributed by atoms with Crippen molar-refractivity contribution >= 4 is 82.7 Å². The highest BCUT2D eigenvalue weighted by Gasteiger charge is 2.51. The molecule has 2 saturated heterocycles. The van der Waals surface area contributed by atoms with E-state index < -0.39 is 283 Å². The first-order valence-electron chi connectivity index (χ1n) is 36.2. The lowest BCUT2D eigenvalue weighted by Gasteiger charge is -2.46. The van der Waals surface area contributed by atoms with Crippen molar-refractivity contribution in [2.45, 2.75) is 209 Å². The van der Waals surface area contributed by atoms with Gasteiger partial charge in [0.2, 0.25) is 53.4 Å². The largest absolute Gasteiger partial charge is 0.508 e. The van der Waals surface area contributed by atoms with Gasteiger partial charge in [-0.3, -0.25) is 38.5 Å². The number of likely N-dealkylation sites (N-methyl/N-ethyl adjacent to an activating group) is 1. The summed E-state index contributed by atoms with van der Waals surface area (Å²) in [5.41, 5.74) is -1.21. The maximum atomic E-state index is 16.4. The summed E-state index contributed by atoms with van der Waals surface area (Å²) in [6.07, 6.45) is -22.7. The first kappa shape index (κ1) is 86.8. The number of nitrogens with two attached hydrogens (primary N) is 1. The molecule has 9 amide bonds. The summed E-state index contributed by atoms with van der Waals surface area (Å²) in [4.78, 5) is 149. The van der Waals surface area contributed by atoms with Crippen LogP contribution < -0.4 is 57.2 Å². The Balaban J connectivity index is 1.24. The van der Waals surface area contributed by atoms with Crippen molar-refractivity contribution < 1.29 is 137 Å². The number of primary amides is 1. The second kappa shape index (κ2) is 34.5. The van der Waals surface area contributed by atoms with E-state index in [1.54, 1.807) is 55.4 Å². The van der Waals surface area contributed by atoms with Crippen molar-refractivity contribution in [2.75, 3.05) is 13.7 Å². The summed E-state index contributed by atoms with van der Waals surface area (Å²) < 4.78 is 49.5. The third-order valence-corrected chi connectivity index (χ3v) is 19.9. The highest BCUT2D eigenvalue weighted by Crippen LogP contribution is 2.50. The van der Waals surface area contributed by atoms with E-state index >= 15 is 24.0 Å². The second-order valence-corrected chi connectivity index (χ2v) is 31.8. The van der Waals surface area contributed by atoms with Crippen LogP contribution in [0.5, 0.6) is 46.0 Å². The zero-order valence-corrected chi connectivity index (χ0v) is 65.3. The maximum absolute atomic E-state index is 16.4. The number of benzene rings is 5. The van der Waals surface area contributed by atoms with Gasteiger partial charge in [0.25, 0.3) is 0 Å². The molecule has 0 aromatic heterocycles. The molecule has 622 valence electrons. The monoisotopic (exact) mass is 1650 g/mol. The van der Waals surface area contributed by atoms with Crippen LogP contribution in [0.1, 0.15) is 147 Å². The smallest absolute Gasteiger partial charge is 0.410 e. The number of carboxylic acids is 1. The number of nitrogens with zero attached hydrogens (tertiary/aromatic N) is 1. The number of carboxylic acid groups (broad SMARTS) is 1. The summed E-state index contributed by atoms with van der Waals surface area (Å²) in [5.74, 6) is -17.4. The minimum atomic E-state index is -2.43. The van der Waals surface area contributed by atoms with Gasteiger partial charge < -0.3 is 132 Å². The predicted octanol–water partition coefficient (Wildman–Crippen LogP) is 3.32. The number of aliphatic hydroxyl groups is 6. The summed E-state index contributed by atoms with van der Waals surface area (Å²) in [7, 11) is 1.25.